The maximum Gasteiger partial charge on any atom is 0.214 e. The number of benzene rings is 1. The Balaban J connectivity index is 1.46. The normalized spacial score (nSPS) is 17.5. The third-order valence-corrected chi connectivity index (χ3v) is 5.74. The van der Waals surface area contributed by atoms with Crippen molar-refractivity contribution >= 4 is 21.4 Å². The first kappa shape index (κ1) is 15.5. The summed E-state index contributed by atoms with van der Waals surface area (Å²) in [7, 11) is 1.94. The molecule has 0 radical (unpaired) electrons. The van der Waals surface area contributed by atoms with Crippen molar-refractivity contribution < 1.29 is 4.39 Å². The molecule has 4 aromatic rings. The summed E-state index contributed by atoms with van der Waals surface area (Å²) in [4.78, 5) is 7.84. The van der Waals surface area contributed by atoms with Gasteiger partial charge in [-0.2, -0.15) is 5.10 Å². The molecule has 1 atom stereocenters. The van der Waals surface area contributed by atoms with Gasteiger partial charge in [0.1, 0.15) is 5.82 Å². The highest BCUT2D eigenvalue weighted by Gasteiger charge is 2.29. The molecule has 0 bridgehead atoms. The van der Waals surface area contributed by atoms with Crippen LogP contribution in [0.15, 0.2) is 42.9 Å². The molecule has 1 aliphatic heterocycles. The Kier molecular flexibility index (Phi) is 3.53. The van der Waals surface area contributed by atoms with Crippen LogP contribution in [-0.4, -0.2) is 30.9 Å². The van der Waals surface area contributed by atoms with E-state index in [-0.39, 0.29) is 5.82 Å². The lowest BCUT2D eigenvalue weighted by Crippen LogP contribution is -2.22. The van der Waals surface area contributed by atoms with Crippen molar-refractivity contribution in [1.82, 2.24) is 24.4 Å². The van der Waals surface area contributed by atoms with Gasteiger partial charge in [-0.3, -0.25) is 4.68 Å². The van der Waals surface area contributed by atoms with Gasteiger partial charge < -0.3 is 4.90 Å². The zero-order chi connectivity index (χ0) is 17.7. The number of aryl methyl sites for hydroxylation is 1. The fourth-order valence-corrected chi connectivity index (χ4v) is 4.48. The number of rotatable bonds is 3. The van der Waals surface area contributed by atoms with Crippen LogP contribution in [0.4, 0.5) is 9.52 Å². The van der Waals surface area contributed by atoms with Crippen LogP contribution >= 0.6 is 11.3 Å². The Morgan fingerprint density at radius 2 is 2.04 bits per heavy atom. The lowest BCUT2D eigenvalue weighted by atomic mass is 10.1. The summed E-state index contributed by atoms with van der Waals surface area (Å²) < 4.78 is 16.8. The minimum atomic E-state index is -0.245. The number of aromatic nitrogens is 5. The Morgan fingerprint density at radius 1 is 1.19 bits per heavy atom. The van der Waals surface area contributed by atoms with Gasteiger partial charge in [0, 0.05) is 30.9 Å². The zero-order valence-corrected chi connectivity index (χ0v) is 15.0. The van der Waals surface area contributed by atoms with Crippen molar-refractivity contribution in [3.63, 3.8) is 0 Å². The molecule has 5 rings (SSSR count). The van der Waals surface area contributed by atoms with Crippen molar-refractivity contribution in [2.45, 2.75) is 18.9 Å². The van der Waals surface area contributed by atoms with Crippen molar-refractivity contribution in [1.29, 1.82) is 0 Å². The lowest BCUT2D eigenvalue weighted by Gasteiger charge is -2.22. The molecule has 0 spiro atoms. The Labute approximate surface area is 153 Å². The summed E-state index contributed by atoms with van der Waals surface area (Å²) in [6.07, 6.45) is 8.16. The van der Waals surface area contributed by atoms with E-state index in [9.17, 15) is 4.39 Å². The molecule has 3 aromatic heterocycles. The number of halogens is 1. The van der Waals surface area contributed by atoms with E-state index in [0.717, 1.165) is 40.7 Å². The Morgan fingerprint density at radius 3 is 2.77 bits per heavy atom. The number of hydrogen-bond acceptors (Lipinski definition) is 5. The number of anilines is 1. The van der Waals surface area contributed by atoms with Crippen LogP contribution < -0.4 is 4.90 Å². The van der Waals surface area contributed by atoms with Crippen LogP contribution in [0, 0.1) is 5.82 Å². The van der Waals surface area contributed by atoms with E-state index >= 15 is 0 Å². The molecule has 0 amide bonds. The maximum absolute atomic E-state index is 13.1. The second-order valence-corrected chi connectivity index (χ2v) is 7.48. The van der Waals surface area contributed by atoms with E-state index in [1.807, 2.05) is 28.6 Å². The van der Waals surface area contributed by atoms with Crippen LogP contribution in [-0.2, 0) is 7.05 Å². The number of hydrogen-bond donors (Lipinski definition) is 0. The van der Waals surface area contributed by atoms with Gasteiger partial charge in [0.25, 0.3) is 0 Å². The summed E-state index contributed by atoms with van der Waals surface area (Å²) in [6, 6.07) is 6.69. The van der Waals surface area contributed by atoms with Crippen LogP contribution in [0.2, 0.25) is 0 Å². The van der Waals surface area contributed by atoms with Gasteiger partial charge in [0.15, 0.2) is 0 Å². The average Bonchev–Trinajstić information content (AvgIpc) is 3.37. The maximum atomic E-state index is 13.1. The van der Waals surface area contributed by atoms with Gasteiger partial charge in [-0.25, -0.2) is 13.9 Å². The molecule has 1 saturated heterocycles. The van der Waals surface area contributed by atoms with Gasteiger partial charge in [0.2, 0.25) is 10.1 Å². The van der Waals surface area contributed by atoms with Crippen LogP contribution in [0.3, 0.4) is 0 Å². The predicted molar refractivity (Wildman–Crippen MR) is 98.8 cm³/mol. The minimum Gasteiger partial charge on any atom is -0.339 e. The highest BCUT2D eigenvalue weighted by Crippen LogP contribution is 2.38. The van der Waals surface area contributed by atoms with E-state index in [1.54, 1.807) is 23.5 Å². The molecule has 1 aliphatic rings. The lowest BCUT2D eigenvalue weighted by molar-refractivity contribution is 0.628. The summed E-state index contributed by atoms with van der Waals surface area (Å²) >= 11 is 1.58. The van der Waals surface area contributed by atoms with E-state index in [4.69, 9.17) is 5.10 Å². The smallest absolute Gasteiger partial charge is 0.214 e. The SMILES string of the molecule is Cn1cc(C2CCCN2c2nn3cc(-c4ccc(F)cc4)nc3s2)cn1. The number of nitrogens with zero attached hydrogens (tertiary/aromatic N) is 6. The molecule has 6 nitrogen and oxygen atoms in total. The molecular formula is C18H17FN6S. The second kappa shape index (κ2) is 5.91. The summed E-state index contributed by atoms with van der Waals surface area (Å²) in [5, 5.41) is 10.0. The summed E-state index contributed by atoms with van der Waals surface area (Å²) in [5.41, 5.74) is 2.92. The van der Waals surface area contributed by atoms with Gasteiger partial charge in [-0.15, -0.1) is 5.10 Å². The Bertz CT molecular complexity index is 1030. The van der Waals surface area contributed by atoms with Crippen molar-refractivity contribution in [2.24, 2.45) is 7.05 Å². The molecule has 1 unspecified atom stereocenters. The molecule has 4 heterocycles. The zero-order valence-electron chi connectivity index (χ0n) is 14.2. The van der Waals surface area contributed by atoms with Crippen LogP contribution in [0.5, 0.6) is 0 Å². The van der Waals surface area contributed by atoms with Crippen molar-refractivity contribution in [2.75, 3.05) is 11.4 Å². The molecule has 1 fully saturated rings. The quantitative estimate of drug-likeness (QED) is 0.554. The van der Waals surface area contributed by atoms with Gasteiger partial charge in [-0.05, 0) is 37.1 Å². The predicted octanol–water partition coefficient (Wildman–Crippen LogP) is 3.67. The first-order valence-electron chi connectivity index (χ1n) is 8.55. The molecule has 0 N–H and O–H groups in total. The van der Waals surface area contributed by atoms with Crippen LogP contribution in [0.25, 0.3) is 16.2 Å². The Hall–Kier alpha value is -2.74. The highest BCUT2D eigenvalue weighted by molar-refractivity contribution is 7.20. The minimum absolute atomic E-state index is 0.245. The molecule has 8 heteroatoms. The van der Waals surface area contributed by atoms with Crippen molar-refractivity contribution in [3.8, 4) is 11.3 Å². The fourth-order valence-electron chi connectivity index (χ4n) is 3.52. The number of fused-ring (bicyclic) bond motifs is 1. The molecule has 132 valence electrons. The topological polar surface area (TPSA) is 51.2 Å². The first-order valence-corrected chi connectivity index (χ1v) is 9.36. The van der Waals surface area contributed by atoms with E-state index in [0.29, 0.717) is 6.04 Å². The molecule has 1 aromatic carbocycles. The van der Waals surface area contributed by atoms with Crippen LogP contribution in [0.1, 0.15) is 24.4 Å². The largest absolute Gasteiger partial charge is 0.339 e. The molecule has 26 heavy (non-hydrogen) atoms. The summed E-state index contributed by atoms with van der Waals surface area (Å²) in [5.74, 6) is -0.245. The average molecular weight is 368 g/mol. The third kappa shape index (κ3) is 2.57. The molecule has 0 aliphatic carbocycles. The fraction of sp³-hybridized carbons (Fsp3) is 0.278. The van der Waals surface area contributed by atoms with E-state index < -0.39 is 0 Å². The van der Waals surface area contributed by atoms with Gasteiger partial charge >= 0.3 is 0 Å². The van der Waals surface area contributed by atoms with E-state index in [1.165, 1.54) is 17.7 Å². The summed E-state index contributed by atoms with van der Waals surface area (Å²) in [6.45, 7) is 0.987. The highest BCUT2D eigenvalue weighted by atomic mass is 32.1. The second-order valence-electron chi connectivity index (χ2n) is 6.54. The van der Waals surface area contributed by atoms with Gasteiger partial charge in [0.05, 0.1) is 24.1 Å². The molecule has 0 saturated carbocycles. The first-order chi connectivity index (χ1) is 12.7. The standard InChI is InChI=1S/C18H17FN6S/c1-23-10-13(9-20-23)16-3-2-8-24(16)18-22-25-11-15(21-17(25)26-18)12-4-6-14(19)7-5-12/h4-7,9-11,16H,2-3,8H2,1H3. The molecular weight excluding hydrogens is 351 g/mol. The monoisotopic (exact) mass is 368 g/mol. The van der Waals surface area contributed by atoms with Crippen molar-refractivity contribution in [3.05, 3.63) is 54.2 Å². The van der Waals surface area contributed by atoms with Gasteiger partial charge in [-0.1, -0.05) is 11.3 Å². The number of imidazole rings is 1. The van der Waals surface area contributed by atoms with E-state index in [2.05, 4.69) is 21.2 Å². The third-order valence-electron chi connectivity index (χ3n) is 4.78.